The van der Waals surface area contributed by atoms with Crippen LogP contribution in [0.3, 0.4) is 0 Å². The fourth-order valence-corrected chi connectivity index (χ4v) is 7.37. The van der Waals surface area contributed by atoms with E-state index in [1.165, 1.54) is 33.4 Å². The molecule has 0 saturated heterocycles. The Morgan fingerprint density at radius 3 is 2.02 bits per heavy atom. The van der Waals surface area contributed by atoms with E-state index in [0.29, 0.717) is 17.4 Å². The number of para-hydroxylation sites is 1. The molecule has 0 saturated carbocycles. The number of nitrogens with zero attached hydrogens (tertiary/aromatic N) is 4. The van der Waals surface area contributed by atoms with Gasteiger partial charge in [-0.1, -0.05) is 91.2 Å². The topological polar surface area (TPSA) is 44.9 Å². The molecule has 53 heavy (non-hydrogen) atoms. The molecule has 0 aliphatic rings. The molecule has 274 valence electrons. The van der Waals surface area contributed by atoms with Gasteiger partial charge in [-0.15, -0.1) is 41.3 Å². The molecule has 7 rings (SSSR count). The summed E-state index contributed by atoms with van der Waals surface area (Å²) in [6, 6.07) is 33.0. The van der Waals surface area contributed by atoms with Crippen LogP contribution in [0.2, 0.25) is 0 Å². The Bertz CT molecular complexity index is 2460. The minimum Gasteiger partial charge on any atom is -0.509 e. The van der Waals surface area contributed by atoms with Crippen LogP contribution in [0, 0.1) is 39.8 Å². The van der Waals surface area contributed by atoms with E-state index in [1.807, 2.05) is 16.9 Å². The summed E-state index contributed by atoms with van der Waals surface area (Å²) in [5.74, 6) is 2.49. The zero-order valence-electron chi connectivity index (χ0n) is 33.1. The number of benzene rings is 4. The Morgan fingerprint density at radius 2 is 1.36 bits per heavy atom. The van der Waals surface area contributed by atoms with Crippen LogP contribution in [-0.2, 0) is 31.9 Å². The van der Waals surface area contributed by atoms with Crippen LogP contribution >= 0.6 is 0 Å². The first-order valence-electron chi connectivity index (χ1n) is 18.4. The molecule has 3 aromatic heterocycles. The van der Waals surface area contributed by atoms with Crippen molar-refractivity contribution in [3.63, 3.8) is 0 Å². The van der Waals surface area contributed by atoms with E-state index in [9.17, 15) is 0 Å². The number of aromatic nitrogens is 4. The molecule has 0 unspecified atom stereocenters. The Labute approximate surface area is 329 Å². The predicted molar refractivity (Wildman–Crippen MR) is 216 cm³/mol. The summed E-state index contributed by atoms with van der Waals surface area (Å²) in [4.78, 5) is 4.81. The van der Waals surface area contributed by atoms with Gasteiger partial charge in [0.25, 0.3) is 0 Å². The molecule has 0 bridgehead atoms. The van der Waals surface area contributed by atoms with Gasteiger partial charge in [-0.05, 0) is 102 Å². The Kier molecular flexibility index (Phi) is 10.2. The van der Waals surface area contributed by atoms with Crippen molar-refractivity contribution in [2.75, 3.05) is 0 Å². The van der Waals surface area contributed by atoms with Gasteiger partial charge in [0, 0.05) is 34.5 Å². The minimum atomic E-state index is -0.135. The summed E-state index contributed by atoms with van der Waals surface area (Å²) in [5, 5.41) is 7.38. The first-order valence-corrected chi connectivity index (χ1v) is 18.4. The van der Waals surface area contributed by atoms with Crippen molar-refractivity contribution in [1.82, 2.24) is 19.3 Å². The third-order valence-electron chi connectivity index (χ3n) is 10.3. The third kappa shape index (κ3) is 7.13. The fourth-order valence-electron chi connectivity index (χ4n) is 7.37. The van der Waals surface area contributed by atoms with Gasteiger partial charge >= 0.3 is 21.1 Å². The maximum atomic E-state index is 6.69. The average molecular weight is 882 g/mol. The second kappa shape index (κ2) is 14.1. The maximum Gasteiger partial charge on any atom is 2.00 e. The number of aryl methyl sites for hydroxylation is 3. The van der Waals surface area contributed by atoms with Gasteiger partial charge in [0.2, 0.25) is 0 Å². The van der Waals surface area contributed by atoms with Crippen molar-refractivity contribution in [2.45, 2.75) is 99.8 Å². The average Bonchev–Trinajstić information content (AvgIpc) is 3.56. The van der Waals surface area contributed by atoms with Gasteiger partial charge < -0.3 is 9.30 Å². The molecule has 4 aromatic carbocycles. The Hall–Kier alpha value is -4.47. The van der Waals surface area contributed by atoms with Crippen LogP contribution in [0.1, 0.15) is 101 Å². The summed E-state index contributed by atoms with van der Waals surface area (Å²) < 4.78 is 10.9. The zero-order valence-corrected chi connectivity index (χ0v) is 35.4. The minimum absolute atomic E-state index is 0. The van der Waals surface area contributed by atoms with Crippen molar-refractivity contribution in [3.8, 4) is 34.1 Å². The molecule has 6 heteroatoms. The number of rotatable bonds is 6. The Balaban J connectivity index is 0.00000481. The van der Waals surface area contributed by atoms with Gasteiger partial charge in [-0.25, -0.2) is 4.98 Å². The van der Waals surface area contributed by atoms with Gasteiger partial charge in [-0.3, -0.25) is 4.68 Å². The van der Waals surface area contributed by atoms with Crippen molar-refractivity contribution in [3.05, 3.63) is 130 Å². The summed E-state index contributed by atoms with van der Waals surface area (Å²) in [6.07, 6.45) is 1.90. The molecule has 0 amide bonds. The summed E-state index contributed by atoms with van der Waals surface area (Å²) in [5.41, 5.74) is 13.5. The molecule has 0 radical (unpaired) electrons. The van der Waals surface area contributed by atoms with E-state index in [4.69, 9.17) is 14.8 Å². The molecule has 0 N–H and O–H groups in total. The van der Waals surface area contributed by atoms with E-state index in [2.05, 4.69) is 167 Å². The molecule has 3 heterocycles. The second-order valence-electron chi connectivity index (χ2n) is 16.7. The third-order valence-corrected chi connectivity index (χ3v) is 10.3. The van der Waals surface area contributed by atoms with E-state index >= 15 is 0 Å². The summed E-state index contributed by atoms with van der Waals surface area (Å²) in [7, 11) is 0. The molecule has 0 spiro atoms. The van der Waals surface area contributed by atoms with Crippen LogP contribution in [0.25, 0.3) is 44.4 Å². The fraction of sp³-hybridized carbons (Fsp3) is 0.319. The molecular weight excluding hydrogens is 832 g/mol. The molecule has 0 aliphatic carbocycles. The van der Waals surface area contributed by atoms with Gasteiger partial charge in [0.05, 0.1) is 5.69 Å². The van der Waals surface area contributed by atoms with Gasteiger partial charge in [0.1, 0.15) is 5.82 Å². The summed E-state index contributed by atoms with van der Waals surface area (Å²) >= 11 is 0. The quantitative estimate of drug-likeness (QED) is 0.156. The van der Waals surface area contributed by atoms with Crippen LogP contribution in [0.5, 0.6) is 11.5 Å². The first-order chi connectivity index (χ1) is 24.5. The van der Waals surface area contributed by atoms with Gasteiger partial charge in [0.15, 0.2) is 0 Å². The summed E-state index contributed by atoms with van der Waals surface area (Å²) in [6.45, 7) is 26.6. The molecular formula is C47H50N4OPt. The standard InChI is InChI=1S/C47H50N4O.Pt/c1-28(2)33-19-20-48-43(23-33)50-41-16-14-13-15-39(41)40-18-17-37(27-42(40)50)52-38-25-35(47(10,11)12)24-36(26-38)51-32(6)45(31(5)49-51)44-29(3)21-34(22-30(44)4)46(7,8)9;/h13-25,28H,1-12H3;/q-2;+2. The van der Waals surface area contributed by atoms with Gasteiger partial charge in [-0.2, -0.15) is 11.2 Å². The van der Waals surface area contributed by atoms with E-state index in [-0.39, 0.29) is 31.9 Å². The predicted octanol–water partition coefficient (Wildman–Crippen LogP) is 12.4. The second-order valence-corrected chi connectivity index (χ2v) is 16.7. The smallest absolute Gasteiger partial charge is 0.509 e. The number of hydrogen-bond donors (Lipinski definition) is 0. The van der Waals surface area contributed by atoms with E-state index in [1.54, 1.807) is 0 Å². The van der Waals surface area contributed by atoms with Crippen molar-refractivity contribution in [1.29, 1.82) is 0 Å². The monoisotopic (exact) mass is 881 g/mol. The van der Waals surface area contributed by atoms with Crippen LogP contribution in [0.4, 0.5) is 0 Å². The van der Waals surface area contributed by atoms with Crippen LogP contribution < -0.4 is 4.74 Å². The number of pyridine rings is 1. The molecule has 0 atom stereocenters. The number of hydrogen-bond acceptors (Lipinski definition) is 3. The van der Waals surface area contributed by atoms with Crippen molar-refractivity contribution >= 4 is 21.8 Å². The molecule has 7 aromatic rings. The van der Waals surface area contributed by atoms with Crippen LogP contribution in [0.15, 0.2) is 79.0 Å². The Morgan fingerprint density at radius 1 is 0.698 bits per heavy atom. The maximum absolute atomic E-state index is 6.69. The van der Waals surface area contributed by atoms with E-state index < -0.39 is 0 Å². The van der Waals surface area contributed by atoms with Crippen molar-refractivity contribution in [2.24, 2.45) is 0 Å². The molecule has 5 nitrogen and oxygen atoms in total. The zero-order chi connectivity index (χ0) is 37.3. The van der Waals surface area contributed by atoms with Crippen molar-refractivity contribution < 1.29 is 25.8 Å². The molecule has 0 fully saturated rings. The van der Waals surface area contributed by atoms with Crippen LogP contribution in [-0.4, -0.2) is 19.3 Å². The number of fused-ring (bicyclic) bond motifs is 3. The normalized spacial score (nSPS) is 12.2. The van der Waals surface area contributed by atoms with E-state index in [0.717, 1.165) is 50.3 Å². The largest absolute Gasteiger partial charge is 2.00 e. The molecule has 0 aliphatic heterocycles. The number of ether oxygens (including phenoxy) is 1. The SMILES string of the molecule is Cc1cc(C(C)(C)C)cc(C)c1-c1c(C)nn(-c2[c-]c(Oc3[c-]c4c(cc3)c3ccccc3n4-c3cc(C(C)C)ccn3)cc(C(C)(C)C)c2)c1C.[Pt+2]. The first kappa shape index (κ1) is 38.3.